The van der Waals surface area contributed by atoms with Crippen molar-refractivity contribution in [1.29, 1.82) is 0 Å². The largest absolute Gasteiger partial charge is 0.328 e. The van der Waals surface area contributed by atoms with Crippen molar-refractivity contribution in [2.24, 2.45) is 11.7 Å². The average molecular weight is 153 g/mol. The van der Waals surface area contributed by atoms with Crippen LogP contribution in [0.2, 0.25) is 0 Å². The second kappa shape index (κ2) is 3.91. The fourth-order valence-electron chi connectivity index (χ4n) is 1.33. The molecule has 1 nitrogen and oxygen atoms in total. The van der Waals surface area contributed by atoms with Crippen LogP contribution in [0.1, 0.15) is 39.0 Å². The molecule has 0 aliphatic heterocycles. The maximum atomic E-state index is 5.92. The Hall–Kier alpha value is -0.300. The summed E-state index contributed by atoms with van der Waals surface area (Å²) in [6.45, 7) is 5.94. The van der Waals surface area contributed by atoms with Crippen LogP contribution < -0.4 is 5.73 Å². The molecule has 0 saturated heterocycles. The maximum Gasteiger partial charge on any atom is 0.00445 e. The molecule has 1 heteroatoms. The molecule has 1 fully saturated rings. The van der Waals surface area contributed by atoms with Gasteiger partial charge in [0.05, 0.1) is 0 Å². The van der Waals surface area contributed by atoms with E-state index in [1.165, 1.54) is 24.8 Å². The van der Waals surface area contributed by atoms with E-state index in [0.717, 1.165) is 18.8 Å². The van der Waals surface area contributed by atoms with Gasteiger partial charge in [0.2, 0.25) is 0 Å². The van der Waals surface area contributed by atoms with Crippen molar-refractivity contribution in [2.75, 3.05) is 0 Å². The van der Waals surface area contributed by atoms with Gasteiger partial charge in [-0.15, -0.1) is 6.58 Å². The fourth-order valence-corrected chi connectivity index (χ4v) is 1.33. The number of allylic oxidation sites excluding steroid dienone is 1. The molecule has 1 aliphatic carbocycles. The summed E-state index contributed by atoms with van der Waals surface area (Å²) in [5, 5.41) is 0. The van der Waals surface area contributed by atoms with Gasteiger partial charge in [0, 0.05) is 6.04 Å². The molecule has 0 aromatic heterocycles. The van der Waals surface area contributed by atoms with Crippen molar-refractivity contribution >= 4 is 0 Å². The van der Waals surface area contributed by atoms with E-state index in [-0.39, 0.29) is 0 Å². The predicted octanol–water partition coefficient (Wildman–Crippen LogP) is 2.47. The third-order valence-corrected chi connectivity index (χ3v) is 2.27. The van der Waals surface area contributed by atoms with Gasteiger partial charge in [-0.05, 0) is 32.1 Å². The molecule has 1 atom stereocenters. The lowest BCUT2D eigenvalue weighted by Gasteiger charge is -2.09. The van der Waals surface area contributed by atoms with Crippen LogP contribution in [-0.2, 0) is 0 Å². The summed E-state index contributed by atoms with van der Waals surface area (Å²) >= 11 is 0. The highest BCUT2D eigenvalue weighted by molar-refractivity contribution is 4.89. The van der Waals surface area contributed by atoms with Crippen LogP contribution in [0, 0.1) is 5.92 Å². The smallest absolute Gasteiger partial charge is 0.00445 e. The van der Waals surface area contributed by atoms with E-state index in [9.17, 15) is 0 Å². The van der Waals surface area contributed by atoms with Crippen LogP contribution in [-0.4, -0.2) is 6.04 Å². The number of rotatable bonds is 5. The van der Waals surface area contributed by atoms with Crippen molar-refractivity contribution in [1.82, 2.24) is 0 Å². The van der Waals surface area contributed by atoms with E-state index >= 15 is 0 Å². The van der Waals surface area contributed by atoms with Crippen molar-refractivity contribution in [2.45, 2.75) is 45.1 Å². The van der Waals surface area contributed by atoms with Gasteiger partial charge in [-0.2, -0.15) is 0 Å². The number of hydrogen-bond acceptors (Lipinski definition) is 1. The van der Waals surface area contributed by atoms with E-state index in [1.54, 1.807) is 0 Å². The van der Waals surface area contributed by atoms with Crippen molar-refractivity contribution < 1.29 is 0 Å². The van der Waals surface area contributed by atoms with Crippen LogP contribution in [0.3, 0.4) is 0 Å². The maximum absolute atomic E-state index is 5.92. The molecule has 11 heavy (non-hydrogen) atoms. The monoisotopic (exact) mass is 153 g/mol. The van der Waals surface area contributed by atoms with E-state index in [1.807, 2.05) is 0 Å². The molecule has 0 bridgehead atoms. The van der Waals surface area contributed by atoms with Crippen molar-refractivity contribution in [3.63, 3.8) is 0 Å². The Kier molecular flexibility index (Phi) is 3.13. The minimum absolute atomic E-state index is 0.430. The van der Waals surface area contributed by atoms with Gasteiger partial charge in [-0.1, -0.05) is 18.4 Å². The summed E-state index contributed by atoms with van der Waals surface area (Å²) in [6, 6.07) is 0.430. The van der Waals surface area contributed by atoms with Gasteiger partial charge in [0.1, 0.15) is 0 Å². The zero-order chi connectivity index (χ0) is 8.27. The Bertz CT molecular complexity index is 136. The summed E-state index contributed by atoms with van der Waals surface area (Å²) in [5.41, 5.74) is 7.18. The van der Waals surface area contributed by atoms with Crippen LogP contribution >= 0.6 is 0 Å². The van der Waals surface area contributed by atoms with Gasteiger partial charge < -0.3 is 5.73 Å². The minimum atomic E-state index is 0.430. The molecule has 64 valence electrons. The lowest BCUT2D eigenvalue weighted by atomic mass is 10.0. The Morgan fingerprint density at radius 3 is 2.73 bits per heavy atom. The first-order chi connectivity index (χ1) is 5.18. The highest BCUT2D eigenvalue weighted by atomic mass is 14.6. The Morgan fingerprint density at radius 1 is 1.64 bits per heavy atom. The highest BCUT2D eigenvalue weighted by Gasteiger charge is 2.23. The highest BCUT2D eigenvalue weighted by Crippen LogP contribution is 2.33. The third kappa shape index (κ3) is 4.20. The van der Waals surface area contributed by atoms with Gasteiger partial charge in [-0.25, -0.2) is 0 Å². The lowest BCUT2D eigenvalue weighted by Crippen LogP contribution is -2.20. The normalized spacial score (nSPS) is 19.8. The topological polar surface area (TPSA) is 26.0 Å². The van der Waals surface area contributed by atoms with Gasteiger partial charge >= 0.3 is 0 Å². The van der Waals surface area contributed by atoms with Crippen LogP contribution in [0.4, 0.5) is 0 Å². The molecule has 2 N–H and O–H groups in total. The standard InChI is InChI=1S/C10H19N/c1-8(2)3-6-10(11)7-9-4-5-9/h9-10H,1,3-7,11H2,2H3. The molecule has 0 aromatic rings. The van der Waals surface area contributed by atoms with Gasteiger partial charge in [0.25, 0.3) is 0 Å². The molecule has 1 unspecified atom stereocenters. The summed E-state index contributed by atoms with van der Waals surface area (Å²) in [4.78, 5) is 0. The molecular formula is C10H19N. The van der Waals surface area contributed by atoms with Crippen LogP contribution in [0.15, 0.2) is 12.2 Å². The average Bonchev–Trinajstić information content (AvgIpc) is 2.67. The number of hydrogen-bond donors (Lipinski definition) is 1. The quantitative estimate of drug-likeness (QED) is 0.603. The van der Waals surface area contributed by atoms with Crippen LogP contribution in [0.25, 0.3) is 0 Å². The molecule has 0 amide bonds. The molecular weight excluding hydrogens is 134 g/mol. The summed E-state index contributed by atoms with van der Waals surface area (Å²) in [6.07, 6.45) is 6.31. The van der Waals surface area contributed by atoms with E-state index in [4.69, 9.17) is 5.73 Å². The molecule has 0 aromatic carbocycles. The number of nitrogens with two attached hydrogens (primary N) is 1. The van der Waals surface area contributed by atoms with E-state index in [2.05, 4.69) is 13.5 Å². The summed E-state index contributed by atoms with van der Waals surface area (Å²) in [5.74, 6) is 0.968. The molecule has 1 saturated carbocycles. The minimum Gasteiger partial charge on any atom is -0.328 e. The third-order valence-electron chi connectivity index (χ3n) is 2.27. The Labute approximate surface area is 69.7 Å². The molecule has 0 heterocycles. The fraction of sp³-hybridized carbons (Fsp3) is 0.800. The summed E-state index contributed by atoms with van der Waals surface area (Å²) in [7, 11) is 0. The van der Waals surface area contributed by atoms with Crippen LogP contribution in [0.5, 0.6) is 0 Å². The van der Waals surface area contributed by atoms with Gasteiger partial charge in [-0.3, -0.25) is 0 Å². The zero-order valence-corrected chi connectivity index (χ0v) is 7.47. The summed E-state index contributed by atoms with van der Waals surface area (Å²) < 4.78 is 0. The molecule has 0 radical (unpaired) electrons. The molecule has 1 rings (SSSR count). The second-order valence-corrected chi connectivity index (χ2v) is 3.93. The Balaban J connectivity index is 1.99. The first-order valence-corrected chi connectivity index (χ1v) is 4.58. The predicted molar refractivity (Wildman–Crippen MR) is 49.4 cm³/mol. The SMILES string of the molecule is C=C(C)CCC(N)CC1CC1. The molecule has 1 aliphatic rings. The van der Waals surface area contributed by atoms with E-state index in [0.29, 0.717) is 6.04 Å². The zero-order valence-electron chi connectivity index (χ0n) is 7.47. The lowest BCUT2D eigenvalue weighted by molar-refractivity contribution is 0.533. The Morgan fingerprint density at radius 2 is 2.27 bits per heavy atom. The van der Waals surface area contributed by atoms with Gasteiger partial charge in [0.15, 0.2) is 0 Å². The molecule has 0 spiro atoms. The first kappa shape index (κ1) is 8.79. The van der Waals surface area contributed by atoms with Crippen molar-refractivity contribution in [3.8, 4) is 0 Å². The van der Waals surface area contributed by atoms with E-state index < -0.39 is 0 Å². The van der Waals surface area contributed by atoms with Crippen molar-refractivity contribution in [3.05, 3.63) is 12.2 Å². The second-order valence-electron chi connectivity index (χ2n) is 3.93. The first-order valence-electron chi connectivity index (χ1n) is 4.58.